The summed E-state index contributed by atoms with van der Waals surface area (Å²) in [5.41, 5.74) is 0.691. The Morgan fingerprint density at radius 2 is 2.42 bits per heavy atom. The van der Waals surface area contributed by atoms with Crippen molar-refractivity contribution in [3.63, 3.8) is 0 Å². The molecule has 0 radical (unpaired) electrons. The highest BCUT2D eigenvalue weighted by Gasteiger charge is 2.01. The summed E-state index contributed by atoms with van der Waals surface area (Å²) in [7, 11) is 1.50. The fourth-order valence-electron chi connectivity index (χ4n) is 0.773. The Balaban J connectivity index is 2.75. The molecule has 0 spiro atoms. The van der Waals surface area contributed by atoms with E-state index in [-0.39, 0.29) is 12.3 Å². The van der Waals surface area contributed by atoms with E-state index in [1.165, 1.54) is 19.2 Å². The molecule has 1 heterocycles. The highest BCUT2D eigenvalue weighted by molar-refractivity contribution is 5.97. The van der Waals surface area contributed by atoms with E-state index >= 15 is 0 Å². The van der Waals surface area contributed by atoms with Gasteiger partial charge in [-0.1, -0.05) is 0 Å². The Morgan fingerprint density at radius 3 is 2.92 bits per heavy atom. The van der Waals surface area contributed by atoms with E-state index in [0.717, 1.165) is 6.20 Å². The molecule has 1 rings (SSSR count). The summed E-state index contributed by atoms with van der Waals surface area (Å²) in [5, 5.41) is 7.39. The van der Waals surface area contributed by atoms with Crippen LogP contribution >= 0.6 is 0 Å². The third kappa shape index (κ3) is 2.10. The molecular weight excluding hydrogens is 159 g/mol. The first-order valence-electron chi connectivity index (χ1n) is 3.42. The maximum Gasteiger partial charge on any atom is 0.141 e. The molecule has 1 aromatic heterocycles. The van der Waals surface area contributed by atoms with Gasteiger partial charge in [-0.15, -0.1) is 0 Å². The SMILES string of the molecule is COCC(=N)c1ccc(F)cn1. The van der Waals surface area contributed by atoms with Gasteiger partial charge in [-0.05, 0) is 12.1 Å². The van der Waals surface area contributed by atoms with Crippen LogP contribution in [0.1, 0.15) is 5.69 Å². The molecule has 0 saturated carbocycles. The summed E-state index contributed by atoms with van der Waals surface area (Å²) < 4.78 is 17.1. The van der Waals surface area contributed by atoms with Gasteiger partial charge in [0.1, 0.15) is 5.82 Å². The number of nitrogens with one attached hydrogen (secondary N) is 1. The van der Waals surface area contributed by atoms with Gasteiger partial charge in [0, 0.05) is 7.11 Å². The first-order chi connectivity index (χ1) is 5.74. The van der Waals surface area contributed by atoms with Crippen LogP contribution in [-0.2, 0) is 4.74 Å². The zero-order chi connectivity index (χ0) is 8.97. The van der Waals surface area contributed by atoms with E-state index in [9.17, 15) is 4.39 Å². The molecule has 0 atom stereocenters. The normalized spacial score (nSPS) is 9.83. The van der Waals surface area contributed by atoms with E-state index in [1.807, 2.05) is 0 Å². The zero-order valence-electron chi connectivity index (χ0n) is 6.67. The molecular formula is C8H9FN2O. The highest BCUT2D eigenvalue weighted by atomic mass is 19.1. The minimum atomic E-state index is -0.399. The van der Waals surface area contributed by atoms with Crippen LogP contribution in [0.2, 0.25) is 0 Å². The van der Waals surface area contributed by atoms with E-state index < -0.39 is 5.82 Å². The lowest BCUT2D eigenvalue weighted by Crippen LogP contribution is -2.08. The molecule has 0 saturated heterocycles. The zero-order valence-corrected chi connectivity index (χ0v) is 6.67. The van der Waals surface area contributed by atoms with Crippen molar-refractivity contribution in [2.24, 2.45) is 0 Å². The van der Waals surface area contributed by atoms with Gasteiger partial charge in [0.2, 0.25) is 0 Å². The Morgan fingerprint density at radius 1 is 1.67 bits per heavy atom. The van der Waals surface area contributed by atoms with Crippen LogP contribution < -0.4 is 0 Å². The number of hydrogen-bond acceptors (Lipinski definition) is 3. The van der Waals surface area contributed by atoms with Gasteiger partial charge in [0.05, 0.1) is 24.2 Å². The van der Waals surface area contributed by atoms with Crippen LogP contribution in [0.15, 0.2) is 18.3 Å². The van der Waals surface area contributed by atoms with Crippen molar-refractivity contribution in [3.8, 4) is 0 Å². The number of aromatic nitrogens is 1. The second kappa shape index (κ2) is 3.92. The Bertz CT molecular complexity index is 271. The average molecular weight is 168 g/mol. The van der Waals surface area contributed by atoms with Crippen LogP contribution in [0.3, 0.4) is 0 Å². The molecule has 0 aromatic carbocycles. The van der Waals surface area contributed by atoms with E-state index in [2.05, 4.69) is 4.98 Å². The Kier molecular flexibility index (Phi) is 2.88. The molecule has 0 aliphatic rings. The molecule has 0 bridgehead atoms. The number of nitrogens with zero attached hydrogens (tertiary/aromatic N) is 1. The molecule has 1 N–H and O–H groups in total. The third-order valence-corrected chi connectivity index (χ3v) is 1.33. The van der Waals surface area contributed by atoms with Crippen molar-refractivity contribution in [2.45, 2.75) is 0 Å². The minimum Gasteiger partial charge on any atom is -0.378 e. The number of pyridine rings is 1. The van der Waals surface area contributed by atoms with Gasteiger partial charge in [-0.2, -0.15) is 0 Å². The Hall–Kier alpha value is -1.29. The van der Waals surface area contributed by atoms with Crippen molar-refractivity contribution in [2.75, 3.05) is 13.7 Å². The maximum atomic E-state index is 12.4. The van der Waals surface area contributed by atoms with Crippen molar-refractivity contribution < 1.29 is 9.13 Å². The second-order valence-corrected chi connectivity index (χ2v) is 2.27. The first-order valence-corrected chi connectivity index (χ1v) is 3.42. The molecule has 3 nitrogen and oxygen atoms in total. The lowest BCUT2D eigenvalue weighted by Gasteiger charge is -2.00. The maximum absolute atomic E-state index is 12.4. The van der Waals surface area contributed by atoms with Crippen LogP contribution in [0, 0.1) is 11.2 Å². The van der Waals surface area contributed by atoms with Gasteiger partial charge < -0.3 is 10.1 Å². The summed E-state index contributed by atoms with van der Waals surface area (Å²) in [6.45, 7) is 0.193. The van der Waals surface area contributed by atoms with Gasteiger partial charge in [0.15, 0.2) is 0 Å². The predicted octanol–water partition coefficient (Wildman–Crippen LogP) is 1.23. The smallest absolute Gasteiger partial charge is 0.141 e. The van der Waals surface area contributed by atoms with Crippen molar-refractivity contribution in [1.29, 1.82) is 5.41 Å². The monoisotopic (exact) mass is 168 g/mol. The summed E-state index contributed by atoms with van der Waals surface area (Å²) in [6, 6.07) is 2.73. The molecule has 12 heavy (non-hydrogen) atoms. The second-order valence-electron chi connectivity index (χ2n) is 2.27. The molecule has 0 amide bonds. The molecule has 4 heteroatoms. The van der Waals surface area contributed by atoms with Crippen molar-refractivity contribution in [3.05, 3.63) is 29.8 Å². The predicted molar refractivity (Wildman–Crippen MR) is 42.9 cm³/mol. The van der Waals surface area contributed by atoms with E-state index in [0.29, 0.717) is 5.69 Å². The van der Waals surface area contributed by atoms with E-state index in [1.54, 1.807) is 0 Å². The van der Waals surface area contributed by atoms with Crippen LogP contribution in [-0.4, -0.2) is 24.4 Å². The van der Waals surface area contributed by atoms with Crippen LogP contribution in [0.4, 0.5) is 4.39 Å². The molecule has 0 aliphatic carbocycles. The number of methoxy groups -OCH3 is 1. The van der Waals surface area contributed by atoms with Crippen LogP contribution in [0.5, 0.6) is 0 Å². The molecule has 64 valence electrons. The molecule has 0 aliphatic heterocycles. The lowest BCUT2D eigenvalue weighted by molar-refractivity contribution is 0.245. The standard InChI is InChI=1S/C8H9FN2O/c1-12-5-7(10)8-3-2-6(9)4-11-8/h2-4,10H,5H2,1H3. The van der Waals surface area contributed by atoms with Gasteiger partial charge in [-0.25, -0.2) is 4.39 Å². The molecule has 0 unspecified atom stereocenters. The fraction of sp³-hybridized carbons (Fsp3) is 0.250. The lowest BCUT2D eigenvalue weighted by atomic mass is 10.2. The summed E-state index contributed by atoms with van der Waals surface area (Å²) >= 11 is 0. The summed E-state index contributed by atoms with van der Waals surface area (Å²) in [5.74, 6) is -0.399. The largest absolute Gasteiger partial charge is 0.378 e. The van der Waals surface area contributed by atoms with Crippen LogP contribution in [0.25, 0.3) is 0 Å². The number of rotatable bonds is 3. The summed E-state index contributed by atoms with van der Waals surface area (Å²) in [4.78, 5) is 3.72. The quantitative estimate of drug-likeness (QED) is 0.690. The van der Waals surface area contributed by atoms with Crippen molar-refractivity contribution in [1.82, 2.24) is 4.98 Å². The number of ether oxygens (including phenoxy) is 1. The number of halogens is 1. The topological polar surface area (TPSA) is 46.0 Å². The fourth-order valence-corrected chi connectivity index (χ4v) is 0.773. The van der Waals surface area contributed by atoms with Gasteiger partial charge in [-0.3, -0.25) is 4.98 Å². The molecule has 0 fully saturated rings. The average Bonchev–Trinajstić information content (AvgIpc) is 2.06. The highest BCUT2D eigenvalue weighted by Crippen LogP contribution is 1.98. The minimum absolute atomic E-state index is 0.193. The number of hydrogen-bond donors (Lipinski definition) is 1. The molecule has 1 aromatic rings. The third-order valence-electron chi connectivity index (χ3n) is 1.33. The Labute approximate surface area is 69.7 Å². The summed E-state index contributed by atoms with van der Waals surface area (Å²) in [6.07, 6.45) is 1.08. The van der Waals surface area contributed by atoms with E-state index in [4.69, 9.17) is 10.1 Å². The van der Waals surface area contributed by atoms with Crippen molar-refractivity contribution >= 4 is 5.71 Å². The first kappa shape index (κ1) is 8.80. The van der Waals surface area contributed by atoms with Gasteiger partial charge in [0.25, 0.3) is 0 Å². The van der Waals surface area contributed by atoms with Gasteiger partial charge >= 0.3 is 0 Å².